The number of ketones is 1. The minimum absolute atomic E-state index is 0.0929. The number of Topliss-reactive ketones (excluding diaryl/α,β-unsaturated/α-hetero) is 1. The lowest BCUT2D eigenvalue weighted by Crippen LogP contribution is -2.25. The average molecular weight is 569 g/mol. The number of amides is 2. The average Bonchev–Trinajstić information content (AvgIpc) is 2.91. The molecule has 0 fully saturated rings. The smallest absolute Gasteiger partial charge is 0.338 e. The van der Waals surface area contributed by atoms with E-state index in [0.717, 1.165) is 4.47 Å². The van der Waals surface area contributed by atoms with Crippen molar-refractivity contribution < 1.29 is 38.1 Å². The number of halogens is 1. The molecule has 3 aromatic carbocycles. The van der Waals surface area contributed by atoms with Crippen LogP contribution >= 0.6 is 15.9 Å². The molecule has 190 valence electrons. The summed E-state index contributed by atoms with van der Waals surface area (Å²) < 4.78 is 22.1. The summed E-state index contributed by atoms with van der Waals surface area (Å²) in [4.78, 5) is 48.7. The molecule has 0 saturated carbocycles. The van der Waals surface area contributed by atoms with Crippen molar-refractivity contribution in [2.45, 2.75) is 0 Å². The molecule has 37 heavy (non-hydrogen) atoms. The molecule has 1 aliphatic rings. The standard InChI is InChI=1S/C26H21BrN2O8/c1-34-23-11-16(3-9-22(23)36-13-24(31)28-18-6-4-17(27)5-7-18)26(33)37-12-20(30)15-2-8-21-19(10-15)29-25(32)14-35-21/h2-11H,12-14H2,1H3,(H,28,31)(H,29,32). The molecule has 0 aromatic heterocycles. The van der Waals surface area contributed by atoms with E-state index in [2.05, 4.69) is 26.6 Å². The Kier molecular flexibility index (Phi) is 8.04. The van der Waals surface area contributed by atoms with Gasteiger partial charge >= 0.3 is 5.97 Å². The van der Waals surface area contributed by atoms with Crippen molar-refractivity contribution in [2.75, 3.05) is 37.6 Å². The van der Waals surface area contributed by atoms with Crippen molar-refractivity contribution in [1.82, 2.24) is 0 Å². The molecular formula is C26H21BrN2O8. The van der Waals surface area contributed by atoms with Gasteiger partial charge in [-0.2, -0.15) is 0 Å². The third-order valence-electron chi connectivity index (χ3n) is 5.15. The second-order valence-electron chi connectivity index (χ2n) is 7.76. The summed E-state index contributed by atoms with van der Waals surface area (Å²) in [7, 11) is 1.39. The van der Waals surface area contributed by atoms with Gasteiger partial charge in [0.2, 0.25) is 0 Å². The Morgan fingerprint density at radius 3 is 2.49 bits per heavy atom. The second-order valence-corrected chi connectivity index (χ2v) is 8.67. The number of nitrogens with one attached hydrogen (secondary N) is 2. The number of rotatable bonds is 9. The van der Waals surface area contributed by atoms with Crippen LogP contribution in [-0.4, -0.2) is 50.5 Å². The Morgan fingerprint density at radius 1 is 0.973 bits per heavy atom. The highest BCUT2D eigenvalue weighted by molar-refractivity contribution is 9.10. The van der Waals surface area contributed by atoms with Crippen molar-refractivity contribution in [1.29, 1.82) is 0 Å². The largest absolute Gasteiger partial charge is 0.493 e. The molecule has 0 atom stereocenters. The number of benzene rings is 3. The molecule has 0 bridgehead atoms. The van der Waals surface area contributed by atoms with Gasteiger partial charge in [0.15, 0.2) is 37.1 Å². The third-order valence-corrected chi connectivity index (χ3v) is 5.68. The third kappa shape index (κ3) is 6.64. The predicted octanol–water partition coefficient (Wildman–Crippen LogP) is 3.85. The quantitative estimate of drug-likeness (QED) is 0.294. The first kappa shape index (κ1) is 25.7. The fourth-order valence-corrected chi connectivity index (χ4v) is 3.61. The van der Waals surface area contributed by atoms with E-state index in [1.54, 1.807) is 30.3 Å². The van der Waals surface area contributed by atoms with E-state index in [1.165, 1.54) is 37.4 Å². The minimum Gasteiger partial charge on any atom is -0.493 e. The highest BCUT2D eigenvalue weighted by atomic mass is 79.9. The zero-order valence-corrected chi connectivity index (χ0v) is 21.1. The molecule has 2 amide bonds. The summed E-state index contributed by atoms with van der Waals surface area (Å²) in [6, 6.07) is 15.9. The summed E-state index contributed by atoms with van der Waals surface area (Å²) in [5.74, 6) is -0.995. The maximum Gasteiger partial charge on any atom is 0.338 e. The molecule has 1 aliphatic heterocycles. The van der Waals surface area contributed by atoms with Crippen LogP contribution < -0.4 is 24.8 Å². The summed E-state index contributed by atoms with van der Waals surface area (Å²) in [6.07, 6.45) is 0. The van der Waals surface area contributed by atoms with Crippen molar-refractivity contribution in [2.24, 2.45) is 0 Å². The van der Waals surface area contributed by atoms with Gasteiger partial charge in [-0.05, 0) is 60.7 Å². The molecule has 11 heteroatoms. The molecule has 4 rings (SSSR count). The zero-order valence-electron chi connectivity index (χ0n) is 19.5. The number of anilines is 2. The van der Waals surface area contributed by atoms with E-state index >= 15 is 0 Å². The summed E-state index contributed by atoms with van der Waals surface area (Å²) in [5.41, 5.74) is 1.37. The lowest BCUT2D eigenvalue weighted by Gasteiger charge is -2.18. The first-order valence-corrected chi connectivity index (χ1v) is 11.7. The molecule has 0 aliphatic carbocycles. The van der Waals surface area contributed by atoms with Crippen LogP contribution in [-0.2, 0) is 14.3 Å². The Hall–Kier alpha value is -4.38. The van der Waals surface area contributed by atoms with Crippen LogP contribution in [0.2, 0.25) is 0 Å². The maximum absolute atomic E-state index is 12.5. The van der Waals surface area contributed by atoms with Crippen LogP contribution in [0.5, 0.6) is 17.2 Å². The summed E-state index contributed by atoms with van der Waals surface area (Å²) in [6.45, 7) is -0.884. The van der Waals surface area contributed by atoms with Crippen LogP contribution in [0.25, 0.3) is 0 Å². The van der Waals surface area contributed by atoms with Crippen LogP contribution in [0.15, 0.2) is 65.1 Å². The monoisotopic (exact) mass is 568 g/mol. The number of hydrogen-bond donors (Lipinski definition) is 2. The van der Waals surface area contributed by atoms with E-state index < -0.39 is 18.4 Å². The Balaban J connectivity index is 1.32. The van der Waals surface area contributed by atoms with Crippen LogP contribution in [0.4, 0.5) is 11.4 Å². The molecule has 3 aromatic rings. The van der Waals surface area contributed by atoms with Crippen LogP contribution in [0.1, 0.15) is 20.7 Å². The van der Waals surface area contributed by atoms with Gasteiger partial charge in [-0.25, -0.2) is 4.79 Å². The molecule has 0 spiro atoms. The van der Waals surface area contributed by atoms with Gasteiger partial charge in [0.25, 0.3) is 11.8 Å². The Bertz CT molecular complexity index is 1360. The molecule has 0 radical (unpaired) electrons. The van der Waals surface area contributed by atoms with Gasteiger partial charge in [0.1, 0.15) is 5.75 Å². The van der Waals surface area contributed by atoms with Crippen molar-refractivity contribution in [3.8, 4) is 17.2 Å². The molecule has 0 saturated heterocycles. The van der Waals surface area contributed by atoms with Gasteiger partial charge < -0.3 is 29.6 Å². The van der Waals surface area contributed by atoms with E-state index in [9.17, 15) is 19.2 Å². The van der Waals surface area contributed by atoms with Gasteiger partial charge in [-0.15, -0.1) is 0 Å². The number of carbonyl (C=O) groups excluding carboxylic acids is 4. The SMILES string of the molecule is COc1cc(C(=O)OCC(=O)c2ccc3c(c2)NC(=O)CO3)ccc1OCC(=O)Nc1ccc(Br)cc1. The number of ether oxygens (including phenoxy) is 4. The lowest BCUT2D eigenvalue weighted by molar-refractivity contribution is -0.119. The maximum atomic E-state index is 12.5. The van der Waals surface area contributed by atoms with Crippen molar-refractivity contribution >= 4 is 50.9 Å². The van der Waals surface area contributed by atoms with Gasteiger partial charge in [0.05, 0.1) is 18.4 Å². The molecule has 10 nitrogen and oxygen atoms in total. The highest BCUT2D eigenvalue weighted by Gasteiger charge is 2.19. The lowest BCUT2D eigenvalue weighted by atomic mass is 10.1. The second kappa shape index (κ2) is 11.6. The fourth-order valence-electron chi connectivity index (χ4n) is 3.34. The number of methoxy groups -OCH3 is 1. The van der Waals surface area contributed by atoms with E-state index in [4.69, 9.17) is 18.9 Å². The Labute approximate surface area is 220 Å². The fraction of sp³-hybridized carbons (Fsp3) is 0.154. The number of fused-ring (bicyclic) bond motifs is 1. The zero-order chi connectivity index (χ0) is 26.4. The molecule has 2 N–H and O–H groups in total. The minimum atomic E-state index is -0.749. The van der Waals surface area contributed by atoms with Crippen LogP contribution in [0, 0.1) is 0 Å². The molecular weight excluding hydrogens is 548 g/mol. The number of esters is 1. The predicted molar refractivity (Wildman–Crippen MR) is 136 cm³/mol. The molecule has 1 heterocycles. The van der Waals surface area contributed by atoms with Crippen molar-refractivity contribution in [3.05, 3.63) is 76.3 Å². The van der Waals surface area contributed by atoms with E-state index in [1.807, 2.05) is 0 Å². The van der Waals surface area contributed by atoms with Crippen molar-refractivity contribution in [3.63, 3.8) is 0 Å². The van der Waals surface area contributed by atoms with E-state index in [0.29, 0.717) is 17.1 Å². The number of hydrogen-bond acceptors (Lipinski definition) is 8. The van der Waals surface area contributed by atoms with Gasteiger partial charge in [-0.3, -0.25) is 14.4 Å². The topological polar surface area (TPSA) is 129 Å². The first-order chi connectivity index (χ1) is 17.8. The number of carbonyl (C=O) groups is 4. The van der Waals surface area contributed by atoms with Gasteiger partial charge in [0, 0.05) is 15.7 Å². The van der Waals surface area contributed by atoms with Crippen LogP contribution in [0.3, 0.4) is 0 Å². The Morgan fingerprint density at radius 2 is 1.73 bits per heavy atom. The molecule has 0 unspecified atom stereocenters. The highest BCUT2D eigenvalue weighted by Crippen LogP contribution is 2.30. The summed E-state index contributed by atoms with van der Waals surface area (Å²) in [5, 5.41) is 5.33. The van der Waals surface area contributed by atoms with E-state index in [-0.39, 0.29) is 47.7 Å². The summed E-state index contributed by atoms with van der Waals surface area (Å²) >= 11 is 3.33. The normalized spacial score (nSPS) is 11.9. The first-order valence-electron chi connectivity index (χ1n) is 11.0. The van der Waals surface area contributed by atoms with Gasteiger partial charge in [-0.1, -0.05) is 15.9 Å².